The normalized spacial score (nSPS) is 18.0. The summed E-state index contributed by atoms with van der Waals surface area (Å²) in [6.45, 7) is 2.04. The number of aliphatic hydroxyl groups excluding tert-OH is 1. The smallest absolute Gasteiger partial charge is 0.138 e. The van der Waals surface area contributed by atoms with Gasteiger partial charge in [0.25, 0.3) is 0 Å². The van der Waals surface area contributed by atoms with E-state index in [9.17, 15) is 0 Å². The molecule has 1 saturated heterocycles. The van der Waals surface area contributed by atoms with E-state index in [1.54, 1.807) is 6.20 Å². The first-order chi connectivity index (χ1) is 10.8. The number of benzene rings is 1. The predicted molar refractivity (Wildman–Crippen MR) is 87.0 cm³/mol. The van der Waals surface area contributed by atoms with E-state index in [2.05, 4.69) is 29.1 Å². The second-order valence-electron chi connectivity index (χ2n) is 5.82. The summed E-state index contributed by atoms with van der Waals surface area (Å²) in [6, 6.07) is 10.7. The van der Waals surface area contributed by atoms with Gasteiger partial charge in [0, 0.05) is 24.4 Å². The van der Waals surface area contributed by atoms with Gasteiger partial charge in [0.1, 0.15) is 12.4 Å². The van der Waals surface area contributed by atoms with Gasteiger partial charge in [0.2, 0.25) is 0 Å². The molecule has 116 valence electrons. The summed E-state index contributed by atoms with van der Waals surface area (Å²) < 4.78 is 5.88. The van der Waals surface area contributed by atoms with E-state index < -0.39 is 0 Å². The van der Waals surface area contributed by atoms with Crippen LogP contribution in [0.5, 0.6) is 5.75 Å². The molecule has 1 N–H and O–H groups in total. The number of likely N-dealkylation sites (tertiary alicyclic amines) is 1. The Hall–Kier alpha value is -1.91. The van der Waals surface area contributed by atoms with Crippen molar-refractivity contribution in [1.29, 1.82) is 0 Å². The van der Waals surface area contributed by atoms with Crippen molar-refractivity contribution in [1.82, 2.24) is 9.88 Å². The quantitative estimate of drug-likeness (QED) is 0.889. The van der Waals surface area contributed by atoms with Crippen molar-refractivity contribution < 1.29 is 9.84 Å². The van der Waals surface area contributed by atoms with Crippen LogP contribution in [-0.2, 0) is 6.42 Å². The molecule has 0 unspecified atom stereocenters. The van der Waals surface area contributed by atoms with Crippen LogP contribution in [-0.4, -0.2) is 47.8 Å². The van der Waals surface area contributed by atoms with Gasteiger partial charge in [0.05, 0.1) is 6.20 Å². The molecule has 0 aliphatic carbocycles. The van der Waals surface area contributed by atoms with Gasteiger partial charge in [-0.3, -0.25) is 9.88 Å². The van der Waals surface area contributed by atoms with Gasteiger partial charge in [0.15, 0.2) is 0 Å². The first kappa shape index (κ1) is 15.0. The Bertz CT molecular complexity index is 630. The number of ether oxygens (including phenoxy) is 1. The van der Waals surface area contributed by atoms with Gasteiger partial charge in [-0.15, -0.1) is 0 Å². The van der Waals surface area contributed by atoms with Crippen LogP contribution in [0.2, 0.25) is 0 Å². The monoisotopic (exact) mass is 298 g/mol. The molecule has 1 aliphatic rings. The molecule has 1 aromatic heterocycles. The number of hydrogen-bond acceptors (Lipinski definition) is 4. The Morgan fingerprint density at radius 2 is 2.18 bits per heavy atom. The fraction of sp³-hybridized carbons (Fsp3) is 0.389. The molecule has 1 fully saturated rings. The van der Waals surface area contributed by atoms with Crippen LogP contribution >= 0.6 is 0 Å². The minimum absolute atomic E-state index is 0.166. The Balaban J connectivity index is 1.71. The van der Waals surface area contributed by atoms with Crippen molar-refractivity contribution in [2.45, 2.75) is 18.9 Å². The van der Waals surface area contributed by atoms with Crippen LogP contribution < -0.4 is 4.74 Å². The largest absolute Gasteiger partial charge is 0.490 e. The molecule has 2 aromatic rings. The standard InChI is InChI=1S/C18H22N2O2/c1-20-7-5-17(20)13-22-18-10-16(11-19-12-18)15-4-2-3-14(9-15)6-8-21/h2-4,9-12,17,21H,5-8,13H2,1H3/t17-/m1/s1. The van der Waals surface area contributed by atoms with E-state index >= 15 is 0 Å². The third-order valence-corrected chi connectivity index (χ3v) is 4.25. The van der Waals surface area contributed by atoms with Crippen LogP contribution in [0.4, 0.5) is 0 Å². The fourth-order valence-corrected chi connectivity index (χ4v) is 2.66. The van der Waals surface area contributed by atoms with Gasteiger partial charge >= 0.3 is 0 Å². The van der Waals surface area contributed by atoms with Gasteiger partial charge < -0.3 is 9.84 Å². The summed E-state index contributed by atoms with van der Waals surface area (Å²) in [5, 5.41) is 9.06. The van der Waals surface area contributed by atoms with Crippen molar-refractivity contribution in [2.75, 3.05) is 26.8 Å². The summed E-state index contributed by atoms with van der Waals surface area (Å²) in [6.07, 6.45) is 5.48. The first-order valence-electron chi connectivity index (χ1n) is 7.74. The summed E-state index contributed by atoms with van der Waals surface area (Å²) in [5.41, 5.74) is 3.27. The lowest BCUT2D eigenvalue weighted by molar-refractivity contribution is 0.0768. The van der Waals surface area contributed by atoms with Crippen molar-refractivity contribution in [3.8, 4) is 16.9 Å². The molecule has 1 aliphatic heterocycles. The minimum Gasteiger partial charge on any atom is -0.490 e. The third kappa shape index (κ3) is 3.46. The highest BCUT2D eigenvalue weighted by Gasteiger charge is 2.24. The zero-order valence-electron chi connectivity index (χ0n) is 12.9. The maximum Gasteiger partial charge on any atom is 0.138 e. The molecule has 22 heavy (non-hydrogen) atoms. The number of hydrogen-bond donors (Lipinski definition) is 1. The van der Waals surface area contributed by atoms with Crippen LogP contribution in [0.3, 0.4) is 0 Å². The minimum atomic E-state index is 0.166. The van der Waals surface area contributed by atoms with Gasteiger partial charge in [-0.05, 0) is 43.6 Å². The molecule has 0 spiro atoms. The van der Waals surface area contributed by atoms with E-state index in [1.165, 1.54) is 6.42 Å². The number of aromatic nitrogens is 1. The topological polar surface area (TPSA) is 45.6 Å². The highest BCUT2D eigenvalue weighted by Crippen LogP contribution is 2.24. The van der Waals surface area contributed by atoms with Crippen LogP contribution in [0.15, 0.2) is 42.7 Å². The van der Waals surface area contributed by atoms with Crippen LogP contribution in [0, 0.1) is 0 Å². The maximum absolute atomic E-state index is 9.06. The molecule has 4 nitrogen and oxygen atoms in total. The van der Waals surface area contributed by atoms with Crippen molar-refractivity contribution in [2.24, 2.45) is 0 Å². The van der Waals surface area contributed by atoms with Crippen LogP contribution in [0.25, 0.3) is 11.1 Å². The highest BCUT2D eigenvalue weighted by atomic mass is 16.5. The third-order valence-electron chi connectivity index (χ3n) is 4.25. The second kappa shape index (κ2) is 6.90. The molecule has 1 aromatic carbocycles. The average molecular weight is 298 g/mol. The molecule has 0 saturated carbocycles. The molecular formula is C18H22N2O2. The predicted octanol–water partition coefficient (Wildman–Crippen LogP) is 2.37. The maximum atomic E-state index is 9.06. The van der Waals surface area contributed by atoms with E-state index in [0.29, 0.717) is 19.1 Å². The molecule has 2 heterocycles. The zero-order valence-corrected chi connectivity index (χ0v) is 12.9. The van der Waals surface area contributed by atoms with Crippen molar-refractivity contribution in [3.63, 3.8) is 0 Å². The van der Waals surface area contributed by atoms with E-state index in [-0.39, 0.29) is 6.61 Å². The summed E-state index contributed by atoms with van der Waals surface area (Å²) in [7, 11) is 2.12. The molecule has 1 atom stereocenters. The van der Waals surface area contributed by atoms with Gasteiger partial charge in [-0.2, -0.15) is 0 Å². The molecule has 4 heteroatoms. The lowest BCUT2D eigenvalue weighted by Gasteiger charge is -2.37. The highest BCUT2D eigenvalue weighted by molar-refractivity contribution is 5.64. The molecule has 0 radical (unpaired) electrons. The summed E-state index contributed by atoms with van der Waals surface area (Å²) >= 11 is 0. The van der Waals surface area contributed by atoms with E-state index in [4.69, 9.17) is 9.84 Å². The van der Waals surface area contributed by atoms with Gasteiger partial charge in [-0.1, -0.05) is 24.3 Å². The Labute approximate surface area is 131 Å². The lowest BCUT2D eigenvalue weighted by Crippen LogP contribution is -2.48. The zero-order chi connectivity index (χ0) is 15.4. The number of pyridine rings is 1. The number of aliphatic hydroxyl groups is 1. The second-order valence-corrected chi connectivity index (χ2v) is 5.82. The molecule has 0 bridgehead atoms. The average Bonchev–Trinajstić information content (AvgIpc) is 2.54. The summed E-state index contributed by atoms with van der Waals surface area (Å²) in [4.78, 5) is 6.59. The lowest BCUT2D eigenvalue weighted by atomic mass is 10.0. The number of likely N-dealkylation sites (N-methyl/N-ethyl adjacent to an activating group) is 1. The molecule has 3 rings (SSSR count). The Morgan fingerprint density at radius 1 is 1.27 bits per heavy atom. The van der Waals surface area contributed by atoms with Crippen LogP contribution in [0.1, 0.15) is 12.0 Å². The van der Waals surface area contributed by atoms with E-state index in [1.807, 2.05) is 24.4 Å². The number of rotatable bonds is 6. The molecule has 0 amide bonds. The van der Waals surface area contributed by atoms with Crippen molar-refractivity contribution >= 4 is 0 Å². The Kier molecular flexibility index (Phi) is 4.71. The first-order valence-corrected chi connectivity index (χ1v) is 7.74. The SMILES string of the molecule is CN1CC[C@@H]1COc1cncc(-c2cccc(CCO)c2)c1. The van der Waals surface area contributed by atoms with E-state index in [0.717, 1.165) is 29.0 Å². The van der Waals surface area contributed by atoms with Crippen molar-refractivity contribution in [3.05, 3.63) is 48.3 Å². The fourth-order valence-electron chi connectivity index (χ4n) is 2.66. The van der Waals surface area contributed by atoms with Gasteiger partial charge in [-0.25, -0.2) is 0 Å². The molecular weight excluding hydrogens is 276 g/mol. The number of nitrogens with zero attached hydrogens (tertiary/aromatic N) is 2. The summed E-state index contributed by atoms with van der Waals surface area (Å²) in [5.74, 6) is 0.811. The Morgan fingerprint density at radius 3 is 2.91 bits per heavy atom.